The quantitative estimate of drug-likeness (QED) is 0.840. The van der Waals surface area contributed by atoms with Gasteiger partial charge in [0.25, 0.3) is 5.91 Å². The van der Waals surface area contributed by atoms with Crippen molar-refractivity contribution in [3.8, 4) is 0 Å². The molecule has 1 amide bonds. The van der Waals surface area contributed by atoms with Crippen LogP contribution < -0.4 is 5.32 Å². The van der Waals surface area contributed by atoms with Gasteiger partial charge in [-0.25, -0.2) is 13.2 Å². The van der Waals surface area contributed by atoms with Gasteiger partial charge in [0.1, 0.15) is 0 Å². The smallest absolute Gasteiger partial charge is 0.251 e. The van der Waals surface area contributed by atoms with Crippen LogP contribution in [0.2, 0.25) is 0 Å². The first-order valence-corrected chi connectivity index (χ1v) is 6.41. The first kappa shape index (κ1) is 13.9. The van der Waals surface area contributed by atoms with Crippen LogP contribution in [-0.2, 0) is 0 Å². The van der Waals surface area contributed by atoms with E-state index in [9.17, 15) is 18.0 Å². The second-order valence-electron chi connectivity index (χ2n) is 5.13. The lowest BCUT2D eigenvalue weighted by Crippen LogP contribution is -2.30. The molecule has 2 nitrogen and oxygen atoms in total. The maximum Gasteiger partial charge on any atom is 0.251 e. The fourth-order valence-corrected chi connectivity index (χ4v) is 2.54. The van der Waals surface area contributed by atoms with E-state index in [0.717, 1.165) is 19.3 Å². The minimum atomic E-state index is -1.55. The largest absolute Gasteiger partial charge is 0.352 e. The van der Waals surface area contributed by atoms with Crippen molar-refractivity contribution in [1.82, 2.24) is 5.32 Å². The maximum absolute atomic E-state index is 13.0. The van der Waals surface area contributed by atoms with Crippen molar-refractivity contribution in [3.05, 3.63) is 35.1 Å². The molecule has 1 saturated carbocycles. The molecule has 104 valence electrons. The molecule has 0 aliphatic heterocycles. The lowest BCUT2D eigenvalue weighted by Gasteiger charge is -2.15. The van der Waals surface area contributed by atoms with Crippen molar-refractivity contribution in [3.63, 3.8) is 0 Å². The SMILES string of the molecule is CC1CCCC1CNC(=O)c1cc(F)c(F)c(F)c1. The summed E-state index contributed by atoms with van der Waals surface area (Å²) in [6, 6.07) is 1.43. The van der Waals surface area contributed by atoms with Crippen LogP contribution in [0.3, 0.4) is 0 Å². The average molecular weight is 271 g/mol. The van der Waals surface area contributed by atoms with Gasteiger partial charge in [0, 0.05) is 12.1 Å². The highest BCUT2D eigenvalue weighted by Crippen LogP contribution is 2.30. The molecule has 2 atom stereocenters. The Hall–Kier alpha value is -1.52. The molecular formula is C14H16F3NO. The number of carbonyl (C=O) groups is 1. The average Bonchev–Trinajstić information content (AvgIpc) is 2.78. The van der Waals surface area contributed by atoms with Crippen molar-refractivity contribution in [2.24, 2.45) is 11.8 Å². The molecule has 1 aromatic rings. The predicted molar refractivity (Wildman–Crippen MR) is 65.2 cm³/mol. The molecule has 0 spiro atoms. The van der Waals surface area contributed by atoms with Crippen LogP contribution in [0.5, 0.6) is 0 Å². The number of hydrogen-bond donors (Lipinski definition) is 1. The van der Waals surface area contributed by atoms with Crippen LogP contribution in [0.15, 0.2) is 12.1 Å². The van der Waals surface area contributed by atoms with E-state index in [0.29, 0.717) is 30.5 Å². The summed E-state index contributed by atoms with van der Waals surface area (Å²) in [5, 5.41) is 2.65. The maximum atomic E-state index is 13.0. The Labute approximate surface area is 110 Å². The van der Waals surface area contributed by atoms with E-state index in [-0.39, 0.29) is 5.56 Å². The number of carbonyl (C=O) groups excluding carboxylic acids is 1. The van der Waals surface area contributed by atoms with E-state index >= 15 is 0 Å². The number of amides is 1. The van der Waals surface area contributed by atoms with Gasteiger partial charge in [-0.15, -0.1) is 0 Å². The van der Waals surface area contributed by atoms with Crippen LogP contribution in [0.4, 0.5) is 13.2 Å². The molecule has 0 heterocycles. The van der Waals surface area contributed by atoms with E-state index in [1.54, 1.807) is 0 Å². The summed E-state index contributed by atoms with van der Waals surface area (Å²) in [5.41, 5.74) is -0.193. The van der Waals surface area contributed by atoms with Gasteiger partial charge in [-0.1, -0.05) is 19.8 Å². The molecule has 1 aliphatic rings. The standard InChI is InChI=1S/C14H16F3NO/c1-8-3-2-4-9(8)7-18-14(19)10-5-11(15)13(17)12(16)6-10/h5-6,8-9H,2-4,7H2,1H3,(H,18,19). The third-order valence-corrected chi connectivity index (χ3v) is 3.81. The Kier molecular flexibility index (Phi) is 4.12. The van der Waals surface area contributed by atoms with Crippen molar-refractivity contribution in [2.75, 3.05) is 6.54 Å². The molecule has 5 heteroatoms. The molecular weight excluding hydrogens is 255 g/mol. The minimum absolute atomic E-state index is 0.193. The van der Waals surface area contributed by atoms with Gasteiger partial charge in [0.15, 0.2) is 17.5 Å². The third-order valence-electron chi connectivity index (χ3n) is 3.81. The Morgan fingerprint density at radius 2 is 1.89 bits per heavy atom. The van der Waals surface area contributed by atoms with Crippen LogP contribution >= 0.6 is 0 Å². The van der Waals surface area contributed by atoms with E-state index in [2.05, 4.69) is 12.2 Å². The first-order chi connectivity index (χ1) is 8.99. The van der Waals surface area contributed by atoms with Crippen molar-refractivity contribution < 1.29 is 18.0 Å². The molecule has 2 rings (SSSR count). The summed E-state index contributed by atoms with van der Waals surface area (Å²) in [4.78, 5) is 11.8. The summed E-state index contributed by atoms with van der Waals surface area (Å²) < 4.78 is 38.8. The number of rotatable bonds is 3. The molecule has 1 aliphatic carbocycles. The molecule has 19 heavy (non-hydrogen) atoms. The van der Waals surface area contributed by atoms with Crippen molar-refractivity contribution >= 4 is 5.91 Å². The van der Waals surface area contributed by atoms with Crippen LogP contribution in [0.25, 0.3) is 0 Å². The number of hydrogen-bond acceptors (Lipinski definition) is 1. The van der Waals surface area contributed by atoms with E-state index in [4.69, 9.17) is 0 Å². The van der Waals surface area contributed by atoms with Crippen molar-refractivity contribution in [1.29, 1.82) is 0 Å². The molecule has 1 fully saturated rings. The van der Waals surface area contributed by atoms with E-state index < -0.39 is 23.4 Å². The van der Waals surface area contributed by atoms with Gasteiger partial charge < -0.3 is 5.32 Å². The highest BCUT2D eigenvalue weighted by Gasteiger charge is 2.24. The van der Waals surface area contributed by atoms with Crippen LogP contribution in [-0.4, -0.2) is 12.5 Å². The monoisotopic (exact) mass is 271 g/mol. The zero-order valence-electron chi connectivity index (χ0n) is 10.7. The topological polar surface area (TPSA) is 29.1 Å². The van der Waals surface area contributed by atoms with Gasteiger partial charge in [-0.3, -0.25) is 4.79 Å². The summed E-state index contributed by atoms with van der Waals surface area (Å²) in [7, 11) is 0. The second kappa shape index (κ2) is 5.63. The molecule has 0 radical (unpaired) electrons. The zero-order chi connectivity index (χ0) is 14.0. The molecule has 0 aromatic heterocycles. The Balaban J connectivity index is 2.00. The molecule has 1 N–H and O–H groups in total. The number of halogens is 3. The minimum Gasteiger partial charge on any atom is -0.352 e. The molecule has 0 bridgehead atoms. The van der Waals surface area contributed by atoms with Gasteiger partial charge in [0.05, 0.1) is 0 Å². The Morgan fingerprint density at radius 1 is 1.26 bits per heavy atom. The lowest BCUT2D eigenvalue weighted by atomic mass is 9.98. The van der Waals surface area contributed by atoms with E-state index in [1.807, 2.05) is 0 Å². The highest BCUT2D eigenvalue weighted by atomic mass is 19.2. The number of benzene rings is 1. The van der Waals surface area contributed by atoms with E-state index in [1.165, 1.54) is 0 Å². The third kappa shape index (κ3) is 3.08. The molecule has 1 aromatic carbocycles. The van der Waals surface area contributed by atoms with Gasteiger partial charge >= 0.3 is 0 Å². The summed E-state index contributed by atoms with van der Waals surface area (Å²) in [6.45, 7) is 2.61. The summed E-state index contributed by atoms with van der Waals surface area (Å²) in [5.74, 6) is -3.88. The van der Waals surface area contributed by atoms with Gasteiger partial charge in [-0.2, -0.15) is 0 Å². The molecule has 2 unspecified atom stereocenters. The van der Waals surface area contributed by atoms with Crippen LogP contribution in [0.1, 0.15) is 36.5 Å². The second-order valence-corrected chi connectivity index (χ2v) is 5.13. The Morgan fingerprint density at radius 3 is 2.42 bits per heavy atom. The first-order valence-electron chi connectivity index (χ1n) is 6.41. The van der Waals surface area contributed by atoms with Crippen molar-refractivity contribution in [2.45, 2.75) is 26.2 Å². The Bertz CT molecular complexity index is 467. The summed E-state index contributed by atoms with van der Waals surface area (Å²) in [6.07, 6.45) is 3.33. The fourth-order valence-electron chi connectivity index (χ4n) is 2.54. The number of nitrogens with one attached hydrogen (secondary N) is 1. The lowest BCUT2D eigenvalue weighted by molar-refractivity contribution is 0.0943. The predicted octanol–water partition coefficient (Wildman–Crippen LogP) is 3.27. The fraction of sp³-hybridized carbons (Fsp3) is 0.500. The summed E-state index contributed by atoms with van der Waals surface area (Å²) >= 11 is 0. The normalized spacial score (nSPS) is 22.5. The highest BCUT2D eigenvalue weighted by molar-refractivity contribution is 5.94. The van der Waals surface area contributed by atoms with Gasteiger partial charge in [0.2, 0.25) is 0 Å². The zero-order valence-corrected chi connectivity index (χ0v) is 10.7. The van der Waals surface area contributed by atoms with Crippen LogP contribution in [0, 0.1) is 29.3 Å². The molecule has 0 saturated heterocycles. The van der Waals surface area contributed by atoms with Gasteiger partial charge in [-0.05, 0) is 30.4 Å².